The smallest absolute Gasteiger partial charge is 0.226 e. The highest BCUT2D eigenvalue weighted by Gasteiger charge is 2.22. The first-order valence-corrected chi connectivity index (χ1v) is 7.29. The van der Waals surface area contributed by atoms with Crippen LogP contribution in [0.25, 0.3) is 0 Å². The molecule has 1 aliphatic rings. The Balaban J connectivity index is 1.92. The summed E-state index contributed by atoms with van der Waals surface area (Å²) in [5.74, 6) is 3.05. The van der Waals surface area contributed by atoms with Gasteiger partial charge in [0, 0.05) is 25.6 Å². The second-order valence-electron chi connectivity index (χ2n) is 5.87. The maximum absolute atomic E-state index is 5.81. The second-order valence-corrected chi connectivity index (χ2v) is 5.87. The van der Waals surface area contributed by atoms with Crippen molar-refractivity contribution in [2.24, 2.45) is 17.6 Å². The Bertz CT molecular complexity index is 373. The van der Waals surface area contributed by atoms with Crippen LogP contribution in [0.3, 0.4) is 0 Å². The molecule has 1 aromatic heterocycles. The van der Waals surface area contributed by atoms with Crippen molar-refractivity contribution in [1.82, 2.24) is 10.1 Å². The zero-order chi connectivity index (χ0) is 13.7. The van der Waals surface area contributed by atoms with E-state index < -0.39 is 0 Å². The van der Waals surface area contributed by atoms with Crippen LogP contribution in [-0.4, -0.2) is 29.9 Å². The first-order valence-electron chi connectivity index (χ1n) is 7.29. The zero-order valence-corrected chi connectivity index (χ0v) is 12.0. The van der Waals surface area contributed by atoms with Gasteiger partial charge in [-0.3, -0.25) is 0 Å². The van der Waals surface area contributed by atoms with Crippen molar-refractivity contribution in [1.29, 1.82) is 0 Å². The van der Waals surface area contributed by atoms with Gasteiger partial charge in [-0.05, 0) is 37.6 Å². The molecule has 108 valence electrons. The highest BCUT2D eigenvalue weighted by Crippen LogP contribution is 2.25. The molecule has 19 heavy (non-hydrogen) atoms. The minimum Gasteiger partial charge on any atom is -0.381 e. The maximum Gasteiger partial charge on any atom is 0.226 e. The Hall–Kier alpha value is -0.940. The molecular formula is C14H25N3O2. The third-order valence-electron chi connectivity index (χ3n) is 3.67. The first kappa shape index (κ1) is 14.5. The van der Waals surface area contributed by atoms with Crippen molar-refractivity contribution in [3.8, 4) is 0 Å². The fourth-order valence-corrected chi connectivity index (χ4v) is 2.65. The van der Waals surface area contributed by atoms with Crippen LogP contribution < -0.4 is 5.73 Å². The third-order valence-corrected chi connectivity index (χ3v) is 3.67. The van der Waals surface area contributed by atoms with E-state index in [1.807, 2.05) is 0 Å². The molecule has 0 amide bonds. The topological polar surface area (TPSA) is 74.2 Å². The first-order chi connectivity index (χ1) is 9.19. The molecule has 2 rings (SSSR count). The van der Waals surface area contributed by atoms with E-state index >= 15 is 0 Å². The fraction of sp³-hybridized carbons (Fsp3) is 0.857. The molecular weight excluding hydrogens is 242 g/mol. The summed E-state index contributed by atoms with van der Waals surface area (Å²) in [7, 11) is 0. The van der Waals surface area contributed by atoms with Crippen LogP contribution >= 0.6 is 0 Å². The van der Waals surface area contributed by atoms with Gasteiger partial charge in [0.15, 0.2) is 5.82 Å². The Kier molecular flexibility index (Phi) is 5.34. The summed E-state index contributed by atoms with van der Waals surface area (Å²) in [6, 6.07) is 0. The van der Waals surface area contributed by atoms with E-state index in [2.05, 4.69) is 24.0 Å². The number of aromatic nitrogens is 2. The number of nitrogens with zero attached hydrogens (tertiary/aromatic N) is 2. The van der Waals surface area contributed by atoms with Crippen molar-refractivity contribution in [2.45, 2.75) is 45.4 Å². The van der Waals surface area contributed by atoms with Gasteiger partial charge in [-0.25, -0.2) is 0 Å². The van der Waals surface area contributed by atoms with Gasteiger partial charge in [0.2, 0.25) is 5.89 Å². The van der Waals surface area contributed by atoms with Crippen molar-refractivity contribution < 1.29 is 9.26 Å². The van der Waals surface area contributed by atoms with Crippen LogP contribution in [0.4, 0.5) is 0 Å². The van der Waals surface area contributed by atoms with Crippen molar-refractivity contribution in [2.75, 3.05) is 19.8 Å². The Labute approximate surface area is 114 Å². The largest absolute Gasteiger partial charge is 0.381 e. The average Bonchev–Trinajstić information content (AvgIpc) is 2.87. The molecule has 1 fully saturated rings. The van der Waals surface area contributed by atoms with Crippen molar-refractivity contribution in [3.63, 3.8) is 0 Å². The lowest BCUT2D eigenvalue weighted by Crippen LogP contribution is -2.19. The molecule has 2 N–H and O–H groups in total. The average molecular weight is 267 g/mol. The Morgan fingerprint density at radius 2 is 2.05 bits per heavy atom. The lowest BCUT2D eigenvalue weighted by atomic mass is 9.94. The normalized spacial score (nSPS) is 18.9. The van der Waals surface area contributed by atoms with Gasteiger partial charge >= 0.3 is 0 Å². The number of rotatable bonds is 6. The molecule has 2 heterocycles. The van der Waals surface area contributed by atoms with E-state index in [1.54, 1.807) is 0 Å². The van der Waals surface area contributed by atoms with Crippen LogP contribution in [0.15, 0.2) is 4.52 Å². The zero-order valence-electron chi connectivity index (χ0n) is 12.0. The lowest BCUT2D eigenvalue weighted by Gasteiger charge is -2.18. The summed E-state index contributed by atoms with van der Waals surface area (Å²) in [5, 5.41) is 4.12. The van der Waals surface area contributed by atoms with Crippen LogP contribution in [-0.2, 0) is 11.2 Å². The minimum absolute atomic E-state index is 0.396. The van der Waals surface area contributed by atoms with E-state index in [1.165, 1.54) is 0 Å². The van der Waals surface area contributed by atoms with Crippen LogP contribution in [0, 0.1) is 11.8 Å². The van der Waals surface area contributed by atoms with Gasteiger partial charge in [0.1, 0.15) is 0 Å². The van der Waals surface area contributed by atoms with Gasteiger partial charge in [-0.2, -0.15) is 4.98 Å². The lowest BCUT2D eigenvalue weighted by molar-refractivity contribution is 0.0830. The van der Waals surface area contributed by atoms with E-state index in [4.69, 9.17) is 15.0 Å². The molecule has 1 aliphatic heterocycles. The van der Waals surface area contributed by atoms with Crippen LogP contribution in [0.5, 0.6) is 0 Å². The van der Waals surface area contributed by atoms with Crippen LogP contribution in [0.1, 0.15) is 50.7 Å². The number of ether oxygens (including phenoxy) is 1. The Morgan fingerprint density at radius 3 is 2.68 bits per heavy atom. The fourth-order valence-electron chi connectivity index (χ4n) is 2.65. The predicted molar refractivity (Wildman–Crippen MR) is 72.8 cm³/mol. The maximum atomic E-state index is 5.81. The molecule has 1 atom stereocenters. The third kappa shape index (κ3) is 4.28. The van der Waals surface area contributed by atoms with E-state index in [0.717, 1.165) is 50.6 Å². The summed E-state index contributed by atoms with van der Waals surface area (Å²) in [4.78, 5) is 4.54. The summed E-state index contributed by atoms with van der Waals surface area (Å²) < 4.78 is 10.7. The van der Waals surface area contributed by atoms with Gasteiger partial charge in [-0.1, -0.05) is 19.0 Å². The molecule has 0 spiro atoms. The second kappa shape index (κ2) is 7.01. The monoisotopic (exact) mass is 267 g/mol. The summed E-state index contributed by atoms with van der Waals surface area (Å²) in [5.41, 5.74) is 5.81. The molecule has 0 bridgehead atoms. The molecule has 1 saturated heterocycles. The van der Waals surface area contributed by atoms with Crippen molar-refractivity contribution in [3.05, 3.63) is 11.7 Å². The molecule has 0 saturated carbocycles. The summed E-state index contributed by atoms with van der Waals surface area (Å²) in [6.07, 6.45) is 3.88. The highest BCUT2D eigenvalue weighted by atomic mass is 16.5. The molecule has 0 radical (unpaired) electrons. The van der Waals surface area contributed by atoms with Gasteiger partial charge in [-0.15, -0.1) is 0 Å². The van der Waals surface area contributed by atoms with Gasteiger partial charge in [0.05, 0.1) is 0 Å². The molecule has 0 aliphatic carbocycles. The standard InChI is InChI=1S/C14H25N3O2/c1-10(2)7-11(9-15)8-13-16-14(17-19-13)12-3-5-18-6-4-12/h10-12H,3-9,15H2,1-2H3/t11-/m0/s1. The quantitative estimate of drug-likeness (QED) is 0.854. The van der Waals surface area contributed by atoms with E-state index in [0.29, 0.717) is 24.3 Å². The number of hydrogen-bond acceptors (Lipinski definition) is 5. The molecule has 0 aromatic carbocycles. The minimum atomic E-state index is 0.396. The summed E-state index contributed by atoms with van der Waals surface area (Å²) >= 11 is 0. The summed E-state index contributed by atoms with van der Waals surface area (Å²) in [6.45, 7) is 6.70. The SMILES string of the molecule is CC(C)C[C@H](CN)Cc1nc(C2CCOCC2)no1. The number of nitrogens with two attached hydrogens (primary N) is 1. The predicted octanol–water partition coefficient (Wildman–Crippen LogP) is 2.13. The Morgan fingerprint density at radius 1 is 1.32 bits per heavy atom. The van der Waals surface area contributed by atoms with Gasteiger partial charge < -0.3 is 15.0 Å². The molecule has 0 unspecified atom stereocenters. The van der Waals surface area contributed by atoms with E-state index in [9.17, 15) is 0 Å². The van der Waals surface area contributed by atoms with Crippen molar-refractivity contribution >= 4 is 0 Å². The molecule has 1 aromatic rings. The van der Waals surface area contributed by atoms with Crippen LogP contribution in [0.2, 0.25) is 0 Å². The van der Waals surface area contributed by atoms with E-state index in [-0.39, 0.29) is 0 Å². The van der Waals surface area contributed by atoms with Gasteiger partial charge in [0.25, 0.3) is 0 Å². The molecule has 5 heteroatoms. The number of hydrogen-bond donors (Lipinski definition) is 1. The highest BCUT2D eigenvalue weighted by molar-refractivity contribution is 4.97. The molecule has 5 nitrogen and oxygen atoms in total.